The number of hydrogen-bond acceptors (Lipinski definition) is 11. The molecule has 2 amide bonds. The number of nitrogens with one attached hydrogen (secondary N) is 1. The van der Waals surface area contributed by atoms with Crippen LogP contribution in [0.2, 0.25) is 0 Å². The van der Waals surface area contributed by atoms with Gasteiger partial charge in [0.2, 0.25) is 0 Å². The Kier molecular flexibility index (Phi) is 10.3. The van der Waals surface area contributed by atoms with Crippen molar-refractivity contribution in [3.8, 4) is 0 Å². The number of carbonyl (C=O) groups is 3. The summed E-state index contributed by atoms with van der Waals surface area (Å²) in [6, 6.07) is 10.4. The van der Waals surface area contributed by atoms with Gasteiger partial charge in [-0.15, -0.1) is 0 Å². The third kappa shape index (κ3) is 8.90. The summed E-state index contributed by atoms with van der Waals surface area (Å²) in [6.45, 7) is 0.745. The molecule has 0 aromatic heterocycles. The number of likely N-dealkylation sites (tertiary alicyclic amines) is 1. The van der Waals surface area contributed by atoms with Gasteiger partial charge >= 0.3 is 18.2 Å². The molecule has 3 atom stereocenters. The minimum absolute atomic E-state index is 0.0126. The second-order valence-corrected chi connectivity index (χ2v) is 9.02. The summed E-state index contributed by atoms with van der Waals surface area (Å²) < 4.78 is 15.7. The lowest BCUT2D eigenvalue weighted by molar-refractivity contribution is -0.385. The van der Waals surface area contributed by atoms with E-state index in [4.69, 9.17) is 14.2 Å². The maximum absolute atomic E-state index is 12.7. The number of esters is 1. The molecule has 0 spiro atoms. The van der Waals surface area contributed by atoms with Gasteiger partial charge in [0, 0.05) is 43.7 Å². The third-order valence-electron chi connectivity index (χ3n) is 6.00. The fraction of sp³-hybridized carbons (Fsp3) is 0.400. The average Bonchev–Trinajstić information content (AvgIpc) is 3.29. The van der Waals surface area contributed by atoms with Crippen molar-refractivity contribution in [2.75, 3.05) is 13.1 Å². The van der Waals surface area contributed by atoms with E-state index in [0.29, 0.717) is 11.1 Å². The van der Waals surface area contributed by atoms with Gasteiger partial charge in [0.1, 0.15) is 19.3 Å². The fourth-order valence-electron chi connectivity index (χ4n) is 4.10. The number of ether oxygens (including phenoxy) is 3. The molecule has 2 N–H and O–H groups in total. The van der Waals surface area contributed by atoms with Crippen LogP contribution < -0.4 is 5.32 Å². The number of amides is 2. The van der Waals surface area contributed by atoms with E-state index < -0.39 is 46.3 Å². The van der Waals surface area contributed by atoms with Crippen LogP contribution in [0.1, 0.15) is 30.9 Å². The number of aliphatic hydroxyl groups is 1. The van der Waals surface area contributed by atoms with Gasteiger partial charge in [-0.1, -0.05) is 0 Å². The monoisotopic (exact) mass is 560 g/mol. The molecule has 1 aliphatic rings. The van der Waals surface area contributed by atoms with Crippen LogP contribution in [0.4, 0.5) is 21.0 Å². The Labute approximate surface area is 227 Å². The number of rotatable bonds is 11. The van der Waals surface area contributed by atoms with Crippen molar-refractivity contribution in [1.82, 2.24) is 10.2 Å². The number of benzene rings is 2. The first-order valence-electron chi connectivity index (χ1n) is 12.2. The molecular weight excluding hydrogens is 532 g/mol. The van der Waals surface area contributed by atoms with Crippen molar-refractivity contribution in [1.29, 1.82) is 0 Å². The lowest BCUT2D eigenvalue weighted by Gasteiger charge is -2.27. The first kappa shape index (κ1) is 29.8. The average molecular weight is 561 g/mol. The van der Waals surface area contributed by atoms with Crippen molar-refractivity contribution in [2.24, 2.45) is 0 Å². The van der Waals surface area contributed by atoms with E-state index in [1.165, 1.54) is 60.4 Å². The Morgan fingerprint density at radius 3 is 2.00 bits per heavy atom. The largest absolute Gasteiger partial charge is 0.461 e. The highest BCUT2D eigenvalue weighted by atomic mass is 16.6. The zero-order valence-corrected chi connectivity index (χ0v) is 21.5. The highest BCUT2D eigenvalue weighted by molar-refractivity contribution is 5.69. The number of aliphatic hydroxyl groups excluding tert-OH is 1. The van der Waals surface area contributed by atoms with Crippen LogP contribution in [0, 0.1) is 20.2 Å². The van der Waals surface area contributed by atoms with Crippen molar-refractivity contribution in [2.45, 2.75) is 51.2 Å². The fourth-order valence-corrected chi connectivity index (χ4v) is 4.10. The van der Waals surface area contributed by atoms with Crippen molar-refractivity contribution < 1.29 is 43.5 Å². The Morgan fingerprint density at radius 1 is 0.975 bits per heavy atom. The second-order valence-electron chi connectivity index (χ2n) is 9.02. The molecule has 214 valence electrons. The molecule has 1 saturated heterocycles. The zero-order valence-electron chi connectivity index (χ0n) is 21.5. The molecule has 2 aromatic rings. The van der Waals surface area contributed by atoms with Gasteiger partial charge in [-0.05, 0) is 41.8 Å². The van der Waals surface area contributed by atoms with Gasteiger partial charge in [-0.3, -0.25) is 25.0 Å². The van der Waals surface area contributed by atoms with Crippen LogP contribution in [-0.2, 0) is 32.2 Å². The number of nitro groups is 2. The number of β-amino-alcohol motifs (C(OH)–C–C–N with tert-alkyl or cyclic N) is 1. The summed E-state index contributed by atoms with van der Waals surface area (Å²) >= 11 is 0. The number of alkyl carbamates (subject to hydrolysis) is 1. The Hall–Kier alpha value is -4.79. The predicted molar refractivity (Wildman–Crippen MR) is 136 cm³/mol. The van der Waals surface area contributed by atoms with Crippen LogP contribution in [-0.4, -0.2) is 69.3 Å². The van der Waals surface area contributed by atoms with Crippen molar-refractivity contribution in [3.63, 3.8) is 0 Å². The molecule has 0 bridgehead atoms. The SMILES string of the molecule is CC(=O)O[C@H](CNC(=O)OCc1ccc([N+](=O)[O-])cc1)C[C@@H]1C[C@@H](O)CN1C(=O)OCc1ccc([N+](=O)[O-])cc1. The summed E-state index contributed by atoms with van der Waals surface area (Å²) in [4.78, 5) is 58.3. The summed E-state index contributed by atoms with van der Waals surface area (Å²) in [7, 11) is 0. The van der Waals surface area contributed by atoms with E-state index in [1.807, 2.05) is 0 Å². The van der Waals surface area contributed by atoms with Gasteiger partial charge in [0.05, 0.1) is 29.0 Å². The molecule has 3 rings (SSSR count). The third-order valence-corrected chi connectivity index (χ3v) is 6.00. The molecule has 15 heteroatoms. The van der Waals surface area contributed by atoms with Crippen LogP contribution in [0.15, 0.2) is 48.5 Å². The number of hydrogen-bond donors (Lipinski definition) is 2. The molecule has 0 radical (unpaired) electrons. The summed E-state index contributed by atoms with van der Waals surface area (Å²) in [5, 5.41) is 34.2. The smallest absolute Gasteiger partial charge is 0.410 e. The number of nitrogens with zero attached hydrogens (tertiary/aromatic N) is 3. The zero-order chi connectivity index (χ0) is 29.2. The Balaban J connectivity index is 1.52. The molecule has 1 heterocycles. The summed E-state index contributed by atoms with van der Waals surface area (Å²) in [6.07, 6.45) is -2.96. The molecule has 0 aliphatic carbocycles. The predicted octanol–water partition coefficient (Wildman–Crippen LogP) is 2.82. The second kappa shape index (κ2) is 13.8. The van der Waals surface area contributed by atoms with E-state index in [0.717, 1.165) is 0 Å². The maximum Gasteiger partial charge on any atom is 0.410 e. The number of carbonyl (C=O) groups excluding carboxylic acids is 3. The lowest BCUT2D eigenvalue weighted by atomic mass is 10.1. The molecule has 1 aliphatic heterocycles. The van der Waals surface area contributed by atoms with Gasteiger partial charge in [-0.25, -0.2) is 9.59 Å². The molecule has 1 fully saturated rings. The molecule has 15 nitrogen and oxygen atoms in total. The van der Waals surface area contributed by atoms with E-state index in [1.54, 1.807) is 0 Å². The van der Waals surface area contributed by atoms with Crippen LogP contribution in [0.3, 0.4) is 0 Å². The standard InChI is InChI=1S/C25H28N4O11/c1-16(30)40-23(12-26-24(32)38-14-17-2-6-19(7-3-17)28(34)35)11-21-10-22(31)13-27(21)25(33)39-15-18-4-8-20(9-5-18)29(36)37/h2-9,21-23,31H,10-15H2,1H3,(H,26,32)/t21-,22+,23-/m0/s1. The maximum atomic E-state index is 12.7. The normalized spacial score (nSPS) is 17.0. The molecule has 40 heavy (non-hydrogen) atoms. The molecule has 0 saturated carbocycles. The minimum Gasteiger partial charge on any atom is -0.461 e. The first-order valence-corrected chi connectivity index (χ1v) is 12.2. The van der Waals surface area contributed by atoms with E-state index in [-0.39, 0.29) is 50.5 Å². The minimum atomic E-state index is -0.857. The van der Waals surface area contributed by atoms with E-state index in [9.17, 15) is 39.7 Å². The Bertz CT molecular complexity index is 1220. The van der Waals surface area contributed by atoms with Gasteiger partial charge < -0.3 is 29.5 Å². The van der Waals surface area contributed by atoms with Gasteiger partial charge in [0.25, 0.3) is 11.4 Å². The first-order chi connectivity index (χ1) is 19.0. The highest BCUT2D eigenvalue weighted by Crippen LogP contribution is 2.24. The van der Waals surface area contributed by atoms with Crippen LogP contribution in [0.25, 0.3) is 0 Å². The lowest BCUT2D eigenvalue weighted by Crippen LogP contribution is -2.42. The summed E-state index contributed by atoms with van der Waals surface area (Å²) in [5.41, 5.74) is 0.862. The topological polar surface area (TPSA) is 201 Å². The van der Waals surface area contributed by atoms with Crippen molar-refractivity contribution in [3.05, 3.63) is 79.9 Å². The van der Waals surface area contributed by atoms with Crippen LogP contribution >= 0.6 is 0 Å². The summed E-state index contributed by atoms with van der Waals surface area (Å²) in [5.74, 6) is -0.614. The highest BCUT2D eigenvalue weighted by Gasteiger charge is 2.37. The van der Waals surface area contributed by atoms with E-state index in [2.05, 4.69) is 5.32 Å². The molecular formula is C25H28N4O11. The van der Waals surface area contributed by atoms with Crippen LogP contribution in [0.5, 0.6) is 0 Å². The molecule has 2 aromatic carbocycles. The molecule has 0 unspecified atom stereocenters. The van der Waals surface area contributed by atoms with Crippen molar-refractivity contribution >= 4 is 29.5 Å². The van der Waals surface area contributed by atoms with Gasteiger partial charge in [0.15, 0.2) is 0 Å². The number of non-ortho nitro benzene ring substituents is 2. The number of nitro benzene ring substituents is 2. The van der Waals surface area contributed by atoms with Gasteiger partial charge in [-0.2, -0.15) is 0 Å². The van der Waals surface area contributed by atoms with E-state index >= 15 is 0 Å². The Morgan fingerprint density at radius 2 is 1.50 bits per heavy atom. The quantitative estimate of drug-likeness (QED) is 0.177.